The van der Waals surface area contributed by atoms with Gasteiger partial charge in [-0.25, -0.2) is 21.6 Å². The highest BCUT2D eigenvalue weighted by Gasteiger charge is 2.36. The minimum atomic E-state index is -3.92. The van der Waals surface area contributed by atoms with Crippen molar-refractivity contribution >= 4 is 25.8 Å². The van der Waals surface area contributed by atoms with Crippen molar-refractivity contribution in [3.05, 3.63) is 29.8 Å². The topological polar surface area (TPSA) is 109 Å². The zero-order valence-electron chi connectivity index (χ0n) is 11.3. The largest absolute Gasteiger partial charge is 0.478 e. The van der Waals surface area contributed by atoms with Gasteiger partial charge in [-0.3, -0.25) is 0 Å². The van der Waals surface area contributed by atoms with Crippen LogP contribution in [0.25, 0.3) is 0 Å². The van der Waals surface area contributed by atoms with Crippen LogP contribution in [0.3, 0.4) is 0 Å². The number of hydrogen-bond acceptors (Lipinski definition) is 5. The van der Waals surface area contributed by atoms with Gasteiger partial charge in [0.15, 0.2) is 9.84 Å². The van der Waals surface area contributed by atoms with Gasteiger partial charge in [0.1, 0.15) is 0 Å². The molecule has 0 aromatic heterocycles. The van der Waals surface area contributed by atoms with Crippen molar-refractivity contribution in [2.45, 2.75) is 17.4 Å². The van der Waals surface area contributed by atoms with Crippen LogP contribution in [0.1, 0.15) is 16.8 Å². The smallest absolute Gasteiger partial charge is 0.335 e. The third-order valence-corrected chi connectivity index (χ3v) is 7.14. The summed E-state index contributed by atoms with van der Waals surface area (Å²) in [4.78, 5) is 10.7. The average Bonchev–Trinajstić information content (AvgIpc) is 2.78. The second-order valence-electron chi connectivity index (χ2n) is 4.91. The number of sulfonamides is 1. The summed E-state index contributed by atoms with van der Waals surface area (Å²) in [6, 6.07) is 4.38. The Hall–Kier alpha value is -1.45. The molecule has 7 nitrogen and oxygen atoms in total. The minimum Gasteiger partial charge on any atom is -0.478 e. The van der Waals surface area contributed by atoms with E-state index in [4.69, 9.17) is 5.11 Å². The van der Waals surface area contributed by atoms with Crippen molar-refractivity contribution in [2.75, 3.05) is 18.6 Å². The van der Waals surface area contributed by atoms with E-state index in [0.29, 0.717) is 0 Å². The normalized spacial score (nSPS) is 21.5. The van der Waals surface area contributed by atoms with Crippen LogP contribution in [0.4, 0.5) is 0 Å². The highest BCUT2D eigenvalue weighted by molar-refractivity contribution is 7.92. The molecule has 1 fully saturated rings. The van der Waals surface area contributed by atoms with Crippen LogP contribution in [-0.4, -0.2) is 56.8 Å². The highest BCUT2D eigenvalue weighted by Crippen LogP contribution is 2.23. The van der Waals surface area contributed by atoms with Crippen LogP contribution in [0.2, 0.25) is 0 Å². The molecule has 9 heteroatoms. The molecule has 21 heavy (non-hydrogen) atoms. The number of carboxylic acid groups (broad SMARTS) is 1. The number of hydrogen-bond donors (Lipinski definition) is 1. The summed E-state index contributed by atoms with van der Waals surface area (Å²) in [6.07, 6.45) is 0.247. The monoisotopic (exact) mass is 333 g/mol. The molecule has 1 N–H and O–H groups in total. The number of aromatic carboxylic acids is 1. The lowest BCUT2D eigenvalue weighted by molar-refractivity contribution is 0.0696. The maximum atomic E-state index is 12.4. The summed E-state index contributed by atoms with van der Waals surface area (Å²) in [5.74, 6) is -1.47. The third kappa shape index (κ3) is 3.25. The van der Waals surface area contributed by atoms with E-state index in [1.165, 1.54) is 25.2 Å². The zero-order chi connectivity index (χ0) is 15.8. The Balaban J connectivity index is 2.34. The number of carboxylic acids is 1. The van der Waals surface area contributed by atoms with Crippen molar-refractivity contribution in [2.24, 2.45) is 0 Å². The van der Waals surface area contributed by atoms with E-state index in [2.05, 4.69) is 0 Å². The van der Waals surface area contributed by atoms with Gasteiger partial charge in [-0.1, -0.05) is 6.07 Å². The summed E-state index contributed by atoms with van der Waals surface area (Å²) < 4.78 is 48.8. The molecule has 1 aliphatic heterocycles. The summed E-state index contributed by atoms with van der Waals surface area (Å²) in [7, 11) is -5.81. The Morgan fingerprint density at radius 1 is 1.38 bits per heavy atom. The Morgan fingerprint density at radius 3 is 2.57 bits per heavy atom. The molecule has 1 heterocycles. The maximum Gasteiger partial charge on any atom is 0.335 e. The van der Waals surface area contributed by atoms with Crippen molar-refractivity contribution in [3.8, 4) is 0 Å². The molecular weight excluding hydrogens is 318 g/mol. The van der Waals surface area contributed by atoms with Gasteiger partial charge in [0.25, 0.3) is 0 Å². The Morgan fingerprint density at radius 2 is 2.05 bits per heavy atom. The van der Waals surface area contributed by atoms with Crippen LogP contribution >= 0.6 is 0 Å². The van der Waals surface area contributed by atoms with Crippen LogP contribution in [0.15, 0.2) is 29.2 Å². The average molecular weight is 333 g/mol. The van der Waals surface area contributed by atoms with Crippen molar-refractivity contribution in [1.29, 1.82) is 0 Å². The lowest BCUT2D eigenvalue weighted by atomic mass is 10.2. The Bertz CT molecular complexity index is 769. The van der Waals surface area contributed by atoms with Crippen molar-refractivity contribution < 1.29 is 26.7 Å². The summed E-state index contributed by atoms with van der Waals surface area (Å²) in [5.41, 5.74) is -0.136. The van der Waals surface area contributed by atoms with E-state index >= 15 is 0 Å². The minimum absolute atomic E-state index is 0.0350. The van der Waals surface area contributed by atoms with Crippen LogP contribution in [0, 0.1) is 0 Å². The van der Waals surface area contributed by atoms with Gasteiger partial charge >= 0.3 is 5.97 Å². The van der Waals surface area contributed by atoms with E-state index in [-0.39, 0.29) is 28.4 Å². The second-order valence-corrected chi connectivity index (χ2v) is 9.14. The lowest BCUT2D eigenvalue weighted by Gasteiger charge is -2.22. The predicted octanol–water partition coefficient (Wildman–Crippen LogP) is 0.192. The Kier molecular flexibility index (Phi) is 4.09. The van der Waals surface area contributed by atoms with E-state index in [0.717, 1.165) is 10.4 Å². The summed E-state index contributed by atoms with van der Waals surface area (Å²) in [6.45, 7) is 0. The fraction of sp³-hybridized carbons (Fsp3) is 0.417. The molecule has 0 aliphatic carbocycles. The first-order valence-corrected chi connectivity index (χ1v) is 9.41. The molecule has 1 aromatic rings. The molecule has 0 radical (unpaired) electrons. The molecule has 116 valence electrons. The van der Waals surface area contributed by atoms with Crippen molar-refractivity contribution in [1.82, 2.24) is 4.31 Å². The number of nitrogens with zero attached hydrogens (tertiary/aromatic N) is 1. The fourth-order valence-corrected chi connectivity index (χ4v) is 5.51. The zero-order valence-corrected chi connectivity index (χ0v) is 12.9. The number of rotatable bonds is 4. The fourth-order valence-electron chi connectivity index (χ4n) is 2.21. The second kappa shape index (κ2) is 5.39. The molecule has 0 saturated carbocycles. The van der Waals surface area contributed by atoms with Crippen molar-refractivity contribution in [3.63, 3.8) is 0 Å². The van der Waals surface area contributed by atoms with E-state index < -0.39 is 31.9 Å². The number of carbonyl (C=O) groups is 1. The molecular formula is C12H15NO6S2. The Labute approximate surface area is 123 Å². The predicted molar refractivity (Wildman–Crippen MR) is 75.4 cm³/mol. The highest BCUT2D eigenvalue weighted by atomic mass is 32.2. The first-order chi connectivity index (χ1) is 9.63. The first-order valence-electron chi connectivity index (χ1n) is 6.15. The van der Waals surface area contributed by atoms with Gasteiger partial charge in [0.2, 0.25) is 10.0 Å². The quantitative estimate of drug-likeness (QED) is 0.842. The molecule has 1 unspecified atom stereocenters. The van der Waals surface area contributed by atoms with Gasteiger partial charge in [0.05, 0.1) is 22.0 Å². The van der Waals surface area contributed by atoms with Crippen LogP contribution in [-0.2, 0) is 19.9 Å². The first kappa shape index (κ1) is 15.9. The van der Waals surface area contributed by atoms with E-state index in [9.17, 15) is 21.6 Å². The lowest BCUT2D eigenvalue weighted by Crippen LogP contribution is -2.37. The van der Waals surface area contributed by atoms with Gasteiger partial charge in [-0.15, -0.1) is 0 Å². The van der Waals surface area contributed by atoms with Gasteiger partial charge in [-0.2, -0.15) is 4.31 Å². The van der Waals surface area contributed by atoms with Gasteiger partial charge in [0, 0.05) is 13.1 Å². The summed E-state index contributed by atoms with van der Waals surface area (Å²) in [5, 5.41) is 8.91. The van der Waals surface area contributed by atoms with Gasteiger partial charge < -0.3 is 5.11 Å². The molecule has 0 bridgehead atoms. The van der Waals surface area contributed by atoms with E-state index in [1.54, 1.807) is 0 Å². The maximum absolute atomic E-state index is 12.4. The number of benzene rings is 1. The molecule has 0 spiro atoms. The summed E-state index contributed by atoms with van der Waals surface area (Å²) >= 11 is 0. The standard InChI is InChI=1S/C12H15NO6S2/c1-13(10-5-6-20(16,17)8-10)21(18,19)11-4-2-3-9(7-11)12(14)15/h2-4,7,10H,5-6,8H2,1H3,(H,14,15). The third-order valence-electron chi connectivity index (χ3n) is 3.48. The molecule has 1 saturated heterocycles. The van der Waals surface area contributed by atoms with Crippen LogP contribution in [0.5, 0.6) is 0 Å². The van der Waals surface area contributed by atoms with Gasteiger partial charge in [-0.05, 0) is 24.6 Å². The SMILES string of the molecule is CN(C1CCS(=O)(=O)C1)S(=O)(=O)c1cccc(C(=O)O)c1. The van der Waals surface area contributed by atoms with Crippen LogP contribution < -0.4 is 0 Å². The molecule has 2 rings (SSSR count). The molecule has 1 atom stereocenters. The molecule has 1 aromatic carbocycles. The van der Waals surface area contributed by atoms with E-state index in [1.807, 2.05) is 0 Å². The number of sulfone groups is 1. The molecule has 0 amide bonds. The molecule has 1 aliphatic rings.